The van der Waals surface area contributed by atoms with Crippen molar-refractivity contribution in [3.05, 3.63) is 36.2 Å². The summed E-state index contributed by atoms with van der Waals surface area (Å²) in [6.45, 7) is 1.28. The largest absolute Gasteiger partial charge is 0.489 e. The molecule has 0 atom stereocenters. The van der Waals surface area contributed by atoms with Crippen molar-refractivity contribution < 1.29 is 27.1 Å². The van der Waals surface area contributed by atoms with E-state index < -0.39 is 15.8 Å². The highest BCUT2D eigenvalue weighted by atomic mass is 32.2. The Balaban J connectivity index is 1.45. The summed E-state index contributed by atoms with van der Waals surface area (Å²) in [5.41, 5.74) is 5.68. The van der Waals surface area contributed by atoms with Crippen LogP contribution in [0.2, 0.25) is 0 Å². The number of nitrogens with zero attached hydrogens (tertiary/aromatic N) is 1. The molecule has 1 saturated heterocycles. The molecule has 0 aromatic heterocycles. The molecule has 1 heterocycles. The fourth-order valence-electron chi connectivity index (χ4n) is 3.98. The first kappa shape index (κ1) is 23.7. The Bertz CT molecular complexity index is 858. The minimum atomic E-state index is -3.61. The van der Waals surface area contributed by atoms with E-state index in [2.05, 4.69) is 0 Å². The van der Waals surface area contributed by atoms with Gasteiger partial charge < -0.3 is 20.1 Å². The van der Waals surface area contributed by atoms with E-state index in [9.17, 15) is 17.6 Å². The van der Waals surface area contributed by atoms with Crippen LogP contribution in [-0.4, -0.2) is 57.5 Å². The average Bonchev–Trinajstić information content (AvgIpc) is 3.34. The van der Waals surface area contributed by atoms with Crippen molar-refractivity contribution in [1.29, 1.82) is 0 Å². The number of rotatable bonds is 9. The zero-order valence-corrected chi connectivity index (χ0v) is 18.5. The number of hydrogen-bond donors (Lipinski definition) is 1. The molecule has 0 unspecified atom stereocenters. The van der Waals surface area contributed by atoms with Gasteiger partial charge in [-0.05, 0) is 49.9 Å². The van der Waals surface area contributed by atoms with E-state index >= 15 is 0 Å². The van der Waals surface area contributed by atoms with Crippen molar-refractivity contribution in [2.75, 3.05) is 32.2 Å². The Labute approximate surface area is 183 Å². The summed E-state index contributed by atoms with van der Waals surface area (Å²) in [6.07, 6.45) is 5.75. The van der Waals surface area contributed by atoms with Gasteiger partial charge in [0, 0.05) is 31.1 Å². The number of amides is 1. The smallest absolute Gasteiger partial charge is 0.225 e. The molecule has 0 radical (unpaired) electrons. The highest BCUT2D eigenvalue weighted by molar-refractivity contribution is 7.91. The molecule has 0 bridgehead atoms. The van der Waals surface area contributed by atoms with Crippen LogP contribution in [0.1, 0.15) is 38.5 Å². The lowest BCUT2D eigenvalue weighted by Crippen LogP contribution is -2.43. The molecule has 1 aliphatic carbocycles. The normalized spacial score (nSPS) is 19.0. The molecule has 2 N–H and O–H groups in total. The van der Waals surface area contributed by atoms with Crippen molar-refractivity contribution in [3.63, 3.8) is 0 Å². The second kappa shape index (κ2) is 11.1. The highest BCUT2D eigenvalue weighted by Crippen LogP contribution is 2.28. The lowest BCUT2D eigenvalue weighted by Gasteiger charge is -2.33. The molecule has 31 heavy (non-hydrogen) atoms. The Hall–Kier alpha value is -1.97. The standard InChI is InChI=1S/C22H31FN2O5S/c23-13-17(14-24)15-29-19-5-7-21(8-6-19)31(27,28)16-30-20-9-11-25(12-10-20)22(26)18-3-1-2-4-18/h5-8,13,18,20H,1-4,9-12,14-16,24H2. The maximum atomic E-state index is 12.6. The van der Waals surface area contributed by atoms with E-state index in [1.165, 1.54) is 24.3 Å². The van der Waals surface area contributed by atoms with Crippen LogP contribution in [0.5, 0.6) is 5.75 Å². The fraction of sp³-hybridized carbons (Fsp3) is 0.591. The Morgan fingerprint density at radius 3 is 2.35 bits per heavy atom. The van der Waals surface area contributed by atoms with Crippen molar-refractivity contribution in [3.8, 4) is 5.75 Å². The van der Waals surface area contributed by atoms with Gasteiger partial charge in [0.15, 0.2) is 5.94 Å². The van der Waals surface area contributed by atoms with E-state index in [1.807, 2.05) is 4.90 Å². The number of carbonyl (C=O) groups is 1. The second-order valence-corrected chi connectivity index (χ2v) is 10.1. The molecule has 1 saturated carbocycles. The van der Waals surface area contributed by atoms with Crippen LogP contribution in [0.25, 0.3) is 0 Å². The molecule has 1 aromatic carbocycles. The first-order valence-corrected chi connectivity index (χ1v) is 12.4. The molecule has 7 nitrogen and oxygen atoms in total. The minimum Gasteiger partial charge on any atom is -0.489 e. The van der Waals surface area contributed by atoms with Crippen molar-refractivity contribution >= 4 is 15.7 Å². The average molecular weight is 455 g/mol. The van der Waals surface area contributed by atoms with E-state index in [0.29, 0.717) is 43.6 Å². The van der Waals surface area contributed by atoms with Crippen LogP contribution < -0.4 is 10.5 Å². The van der Waals surface area contributed by atoms with Crippen molar-refractivity contribution in [2.45, 2.75) is 49.5 Å². The van der Waals surface area contributed by atoms with Gasteiger partial charge in [-0.2, -0.15) is 0 Å². The van der Waals surface area contributed by atoms with Crippen LogP contribution in [0, 0.1) is 5.92 Å². The monoisotopic (exact) mass is 454 g/mol. The highest BCUT2D eigenvalue weighted by Gasteiger charge is 2.30. The molecule has 1 aromatic rings. The lowest BCUT2D eigenvalue weighted by atomic mass is 10.0. The minimum absolute atomic E-state index is 0.00412. The van der Waals surface area contributed by atoms with E-state index in [4.69, 9.17) is 15.2 Å². The molecular weight excluding hydrogens is 423 g/mol. The van der Waals surface area contributed by atoms with E-state index in [1.54, 1.807) is 0 Å². The molecular formula is C22H31FN2O5S. The number of hydrogen-bond acceptors (Lipinski definition) is 6. The predicted molar refractivity (Wildman–Crippen MR) is 115 cm³/mol. The summed E-state index contributed by atoms with van der Waals surface area (Å²) in [5.74, 6) is 0.425. The number of ether oxygens (including phenoxy) is 2. The zero-order chi connectivity index (χ0) is 22.3. The maximum Gasteiger partial charge on any atom is 0.225 e. The van der Waals surface area contributed by atoms with Gasteiger partial charge in [0.25, 0.3) is 0 Å². The van der Waals surface area contributed by atoms with Gasteiger partial charge in [0.1, 0.15) is 12.4 Å². The quantitative estimate of drug-likeness (QED) is 0.616. The molecule has 3 rings (SSSR count). The first-order valence-electron chi connectivity index (χ1n) is 10.8. The molecule has 172 valence electrons. The van der Waals surface area contributed by atoms with Crippen LogP contribution >= 0.6 is 0 Å². The topological polar surface area (TPSA) is 98.9 Å². The molecule has 2 fully saturated rings. The molecule has 1 amide bonds. The van der Waals surface area contributed by atoms with Gasteiger partial charge in [0.2, 0.25) is 15.7 Å². The summed E-state index contributed by atoms with van der Waals surface area (Å²) >= 11 is 0. The molecule has 2 aliphatic rings. The first-order chi connectivity index (χ1) is 14.9. The summed E-state index contributed by atoms with van der Waals surface area (Å²) < 4.78 is 48.8. The summed E-state index contributed by atoms with van der Waals surface area (Å²) in [5, 5.41) is 0. The number of piperidine rings is 1. The van der Waals surface area contributed by atoms with Gasteiger partial charge in [-0.1, -0.05) is 12.8 Å². The van der Waals surface area contributed by atoms with Crippen LogP contribution in [-0.2, 0) is 19.4 Å². The van der Waals surface area contributed by atoms with Crippen LogP contribution in [0.15, 0.2) is 41.1 Å². The number of carbonyl (C=O) groups excluding carboxylic acids is 1. The Kier molecular flexibility index (Phi) is 8.45. The lowest BCUT2D eigenvalue weighted by molar-refractivity contribution is -0.137. The Morgan fingerprint density at radius 2 is 1.77 bits per heavy atom. The second-order valence-electron chi connectivity index (χ2n) is 8.14. The van der Waals surface area contributed by atoms with Crippen molar-refractivity contribution in [1.82, 2.24) is 4.90 Å². The zero-order valence-electron chi connectivity index (χ0n) is 17.7. The summed E-state index contributed by atoms with van der Waals surface area (Å²) in [4.78, 5) is 14.5. The third-order valence-electron chi connectivity index (χ3n) is 5.94. The Morgan fingerprint density at radius 1 is 1.13 bits per heavy atom. The van der Waals surface area contributed by atoms with Gasteiger partial charge in [-0.3, -0.25) is 4.79 Å². The van der Waals surface area contributed by atoms with Gasteiger partial charge in [0.05, 0.1) is 17.3 Å². The predicted octanol–water partition coefficient (Wildman–Crippen LogP) is 2.81. The number of benzene rings is 1. The fourth-order valence-corrected chi connectivity index (χ4v) is 5.04. The number of nitrogens with two attached hydrogens (primary N) is 1. The van der Waals surface area contributed by atoms with E-state index in [0.717, 1.165) is 25.7 Å². The van der Waals surface area contributed by atoms with Gasteiger partial charge in [-0.15, -0.1) is 0 Å². The van der Waals surface area contributed by atoms with Crippen LogP contribution in [0.3, 0.4) is 0 Å². The number of likely N-dealkylation sites (tertiary alicyclic amines) is 1. The van der Waals surface area contributed by atoms with Gasteiger partial charge >= 0.3 is 0 Å². The molecule has 1 aliphatic heterocycles. The van der Waals surface area contributed by atoms with E-state index in [-0.39, 0.29) is 36.0 Å². The van der Waals surface area contributed by atoms with Crippen LogP contribution in [0.4, 0.5) is 4.39 Å². The van der Waals surface area contributed by atoms with Gasteiger partial charge in [-0.25, -0.2) is 12.8 Å². The maximum absolute atomic E-state index is 12.6. The third-order valence-corrected chi connectivity index (χ3v) is 7.38. The summed E-state index contributed by atoms with van der Waals surface area (Å²) in [6, 6.07) is 5.93. The SMILES string of the molecule is NCC(=CF)COc1ccc(S(=O)(=O)COC2CCN(C(=O)C3CCCC3)CC2)cc1. The summed E-state index contributed by atoms with van der Waals surface area (Å²) in [7, 11) is -3.61. The van der Waals surface area contributed by atoms with Crippen molar-refractivity contribution in [2.24, 2.45) is 11.7 Å². The molecule has 9 heteroatoms. The molecule has 0 spiro atoms. The number of sulfone groups is 1. The number of halogens is 1. The third kappa shape index (κ3) is 6.51.